The number of hydrogen-bond acceptors (Lipinski definition) is 5. The van der Waals surface area contributed by atoms with Gasteiger partial charge in [0.2, 0.25) is 5.91 Å². The molecule has 0 saturated heterocycles. The number of nitrogens with one attached hydrogen (secondary N) is 1. The smallest absolute Gasteiger partial charge is 0.234 e. The highest BCUT2D eigenvalue weighted by Gasteiger charge is 2.14. The third-order valence-corrected chi connectivity index (χ3v) is 4.97. The Morgan fingerprint density at radius 3 is 2.62 bits per heavy atom. The van der Waals surface area contributed by atoms with Gasteiger partial charge in [-0.1, -0.05) is 29.4 Å². The van der Waals surface area contributed by atoms with Crippen molar-refractivity contribution in [2.24, 2.45) is 0 Å². The van der Waals surface area contributed by atoms with Crippen molar-refractivity contribution in [1.82, 2.24) is 14.8 Å². The van der Waals surface area contributed by atoms with Crippen molar-refractivity contribution < 1.29 is 13.9 Å². The number of nitrogens with zero attached hydrogens (tertiary/aromatic N) is 3. The van der Waals surface area contributed by atoms with Gasteiger partial charge in [0.25, 0.3) is 0 Å². The van der Waals surface area contributed by atoms with Crippen molar-refractivity contribution in [3.05, 3.63) is 77.9 Å². The molecule has 2 aromatic carbocycles. The van der Waals surface area contributed by atoms with E-state index in [0.717, 1.165) is 0 Å². The molecule has 1 amide bonds. The van der Waals surface area contributed by atoms with E-state index >= 15 is 0 Å². The molecular weight excluding hydrogens is 415 g/mol. The minimum absolute atomic E-state index is 0.157. The molecule has 0 saturated carbocycles. The van der Waals surface area contributed by atoms with Gasteiger partial charge in [-0.25, -0.2) is 4.39 Å². The topological polar surface area (TPSA) is 69.0 Å². The van der Waals surface area contributed by atoms with E-state index in [1.807, 2.05) is 4.57 Å². The van der Waals surface area contributed by atoms with Crippen LogP contribution in [0, 0.1) is 5.82 Å². The molecule has 0 unspecified atom stereocenters. The molecule has 0 aliphatic rings. The van der Waals surface area contributed by atoms with Crippen LogP contribution in [0.1, 0.15) is 5.82 Å². The van der Waals surface area contributed by atoms with E-state index in [0.29, 0.717) is 34.0 Å². The fraction of sp³-hybridized carbons (Fsp3) is 0.150. The Labute approximate surface area is 176 Å². The maximum absolute atomic E-state index is 13.0. The zero-order chi connectivity index (χ0) is 20.6. The predicted molar refractivity (Wildman–Crippen MR) is 112 cm³/mol. The van der Waals surface area contributed by atoms with Crippen molar-refractivity contribution in [3.8, 4) is 5.75 Å². The average molecular weight is 433 g/mol. The molecule has 1 N–H and O–H groups in total. The summed E-state index contributed by atoms with van der Waals surface area (Å²) in [5.41, 5.74) is 0.668. The molecule has 0 aliphatic carbocycles. The lowest BCUT2D eigenvalue weighted by atomic mass is 10.3. The van der Waals surface area contributed by atoms with Gasteiger partial charge in [-0.2, -0.15) is 0 Å². The summed E-state index contributed by atoms with van der Waals surface area (Å²) in [4.78, 5) is 12.2. The Bertz CT molecular complexity index is 977. The number of thioether (sulfide) groups is 1. The molecule has 9 heteroatoms. The maximum atomic E-state index is 13.0. The maximum Gasteiger partial charge on any atom is 0.234 e. The number of rotatable bonds is 9. The number of carbonyl (C=O) groups is 1. The number of anilines is 1. The van der Waals surface area contributed by atoms with Crippen LogP contribution in [-0.2, 0) is 17.9 Å². The van der Waals surface area contributed by atoms with E-state index in [1.165, 1.54) is 23.9 Å². The summed E-state index contributed by atoms with van der Waals surface area (Å²) in [5, 5.41) is 12.3. The van der Waals surface area contributed by atoms with Gasteiger partial charge in [0.05, 0.1) is 5.75 Å². The van der Waals surface area contributed by atoms with E-state index in [2.05, 4.69) is 22.1 Å². The number of ether oxygens (including phenoxy) is 1. The van der Waals surface area contributed by atoms with E-state index in [4.69, 9.17) is 16.3 Å². The van der Waals surface area contributed by atoms with Crippen LogP contribution < -0.4 is 10.1 Å². The quantitative estimate of drug-likeness (QED) is 0.396. The molecular formula is C20H18ClFN4O2S. The summed E-state index contributed by atoms with van der Waals surface area (Å²) < 4.78 is 20.4. The molecule has 0 aliphatic heterocycles. The van der Waals surface area contributed by atoms with Crippen molar-refractivity contribution in [1.29, 1.82) is 0 Å². The lowest BCUT2D eigenvalue weighted by Crippen LogP contribution is -2.15. The fourth-order valence-electron chi connectivity index (χ4n) is 2.38. The molecule has 0 radical (unpaired) electrons. The molecule has 3 rings (SSSR count). The number of carbonyl (C=O) groups excluding carboxylic acids is 1. The minimum Gasteiger partial charge on any atom is -0.486 e. The number of hydrogen-bond donors (Lipinski definition) is 1. The summed E-state index contributed by atoms with van der Waals surface area (Å²) in [6.45, 7) is 4.37. The first kappa shape index (κ1) is 20.9. The lowest BCUT2D eigenvalue weighted by molar-refractivity contribution is -0.113. The molecule has 0 spiro atoms. The average Bonchev–Trinajstić information content (AvgIpc) is 3.10. The minimum atomic E-state index is -0.331. The van der Waals surface area contributed by atoms with Crippen molar-refractivity contribution in [3.63, 3.8) is 0 Å². The molecule has 0 bridgehead atoms. The standard InChI is InChI=1S/C20H18ClFN4O2S/c1-2-11-26-18(12-28-17-9-5-15(22)6-10-17)24-25-20(26)29-13-19(27)23-16-7-3-14(21)4-8-16/h2-10H,1,11-13H2,(H,23,27). The van der Waals surface area contributed by atoms with E-state index in [9.17, 15) is 9.18 Å². The number of aromatic nitrogens is 3. The van der Waals surface area contributed by atoms with Crippen LogP contribution >= 0.6 is 23.4 Å². The molecule has 1 heterocycles. The highest BCUT2D eigenvalue weighted by atomic mass is 35.5. The van der Waals surface area contributed by atoms with Gasteiger partial charge < -0.3 is 10.1 Å². The highest BCUT2D eigenvalue weighted by molar-refractivity contribution is 7.99. The van der Waals surface area contributed by atoms with Crippen LogP contribution in [-0.4, -0.2) is 26.4 Å². The predicted octanol–water partition coefficient (Wildman–Crippen LogP) is 4.57. The summed E-state index contributed by atoms with van der Waals surface area (Å²) in [6.07, 6.45) is 1.71. The van der Waals surface area contributed by atoms with E-state index in [-0.39, 0.29) is 24.1 Å². The van der Waals surface area contributed by atoms with Gasteiger partial charge in [-0.3, -0.25) is 9.36 Å². The summed E-state index contributed by atoms with van der Waals surface area (Å²) in [6, 6.07) is 12.6. The van der Waals surface area contributed by atoms with Crippen molar-refractivity contribution >= 4 is 35.0 Å². The van der Waals surface area contributed by atoms with Crippen LogP contribution in [0.4, 0.5) is 10.1 Å². The van der Waals surface area contributed by atoms with Crippen LogP contribution in [0.2, 0.25) is 5.02 Å². The Kier molecular flexibility index (Phi) is 7.26. The van der Waals surface area contributed by atoms with Gasteiger partial charge >= 0.3 is 0 Å². The first-order valence-corrected chi connectivity index (χ1v) is 10.0. The van der Waals surface area contributed by atoms with Gasteiger partial charge in [-0.15, -0.1) is 16.8 Å². The first-order chi connectivity index (χ1) is 14.0. The second kappa shape index (κ2) is 10.1. The molecule has 3 aromatic rings. The summed E-state index contributed by atoms with van der Waals surface area (Å²) in [7, 11) is 0. The second-order valence-electron chi connectivity index (χ2n) is 5.88. The largest absolute Gasteiger partial charge is 0.486 e. The molecule has 0 atom stereocenters. The van der Waals surface area contributed by atoms with E-state index < -0.39 is 0 Å². The monoisotopic (exact) mass is 432 g/mol. The Hall–Kier alpha value is -2.84. The zero-order valence-electron chi connectivity index (χ0n) is 15.3. The highest BCUT2D eigenvalue weighted by Crippen LogP contribution is 2.20. The normalized spacial score (nSPS) is 10.6. The lowest BCUT2D eigenvalue weighted by Gasteiger charge is -2.09. The van der Waals surface area contributed by atoms with Crippen molar-refractivity contribution in [2.45, 2.75) is 18.3 Å². The molecule has 150 valence electrons. The van der Waals surface area contributed by atoms with Gasteiger partial charge in [0, 0.05) is 17.3 Å². The number of halogens is 2. The Morgan fingerprint density at radius 1 is 1.21 bits per heavy atom. The summed E-state index contributed by atoms with van der Waals surface area (Å²) >= 11 is 7.10. The third-order valence-electron chi connectivity index (χ3n) is 3.75. The Morgan fingerprint density at radius 2 is 1.93 bits per heavy atom. The summed E-state index contributed by atoms with van der Waals surface area (Å²) in [5.74, 6) is 0.764. The van der Waals surface area contributed by atoms with Crippen LogP contribution in [0.15, 0.2) is 66.3 Å². The fourth-order valence-corrected chi connectivity index (χ4v) is 3.28. The first-order valence-electron chi connectivity index (χ1n) is 8.64. The van der Waals surface area contributed by atoms with E-state index in [1.54, 1.807) is 42.5 Å². The Balaban J connectivity index is 1.59. The number of amides is 1. The molecule has 0 fully saturated rings. The van der Waals surface area contributed by atoms with Gasteiger partial charge in [0.1, 0.15) is 18.2 Å². The second-order valence-corrected chi connectivity index (χ2v) is 7.26. The molecule has 6 nitrogen and oxygen atoms in total. The van der Waals surface area contributed by atoms with Crippen LogP contribution in [0.25, 0.3) is 0 Å². The van der Waals surface area contributed by atoms with Crippen molar-refractivity contribution in [2.75, 3.05) is 11.1 Å². The number of benzene rings is 2. The SMILES string of the molecule is C=CCn1c(COc2ccc(F)cc2)nnc1SCC(=O)Nc1ccc(Cl)cc1. The zero-order valence-corrected chi connectivity index (χ0v) is 16.9. The van der Waals surface area contributed by atoms with Gasteiger partial charge in [-0.05, 0) is 48.5 Å². The van der Waals surface area contributed by atoms with Gasteiger partial charge in [0.15, 0.2) is 11.0 Å². The third kappa shape index (κ3) is 6.07. The molecule has 29 heavy (non-hydrogen) atoms. The van der Waals surface area contributed by atoms with Crippen LogP contribution in [0.5, 0.6) is 5.75 Å². The van der Waals surface area contributed by atoms with Crippen LogP contribution in [0.3, 0.4) is 0 Å². The number of allylic oxidation sites excluding steroid dienone is 1. The molecule has 1 aromatic heterocycles.